The molecule has 0 radical (unpaired) electrons. The molecule has 2 spiro atoms. The monoisotopic (exact) mass is 387 g/mol. The van der Waals surface area contributed by atoms with Crippen LogP contribution in [0.3, 0.4) is 0 Å². The highest BCUT2D eigenvalue weighted by Crippen LogP contribution is 2.46. The minimum atomic E-state index is -0.473. The predicted molar refractivity (Wildman–Crippen MR) is 107 cm³/mol. The maximum absolute atomic E-state index is 12.8. The molecule has 2 saturated heterocycles. The summed E-state index contributed by atoms with van der Waals surface area (Å²) in [5.41, 5.74) is 2.09. The summed E-state index contributed by atoms with van der Waals surface area (Å²) in [6.45, 7) is 10.7. The number of carbonyl (C=O) groups is 1. The van der Waals surface area contributed by atoms with Gasteiger partial charge in [-0.25, -0.2) is 4.79 Å². The van der Waals surface area contributed by atoms with Crippen molar-refractivity contribution in [2.45, 2.75) is 77.2 Å². The van der Waals surface area contributed by atoms with Gasteiger partial charge < -0.3 is 19.1 Å². The van der Waals surface area contributed by atoms with Crippen LogP contribution in [-0.4, -0.2) is 42.1 Å². The SMILES string of the molecule is Cc1ccc([C@H](C)N2CCC3(CCC4(CC3)OCC(C)(C)CO4)OC2=O)cc1. The van der Waals surface area contributed by atoms with E-state index < -0.39 is 5.79 Å². The second kappa shape index (κ2) is 7.03. The van der Waals surface area contributed by atoms with Gasteiger partial charge in [0, 0.05) is 31.2 Å². The summed E-state index contributed by atoms with van der Waals surface area (Å²) in [7, 11) is 0. The van der Waals surface area contributed by atoms with E-state index in [0.29, 0.717) is 0 Å². The first kappa shape index (κ1) is 19.7. The van der Waals surface area contributed by atoms with Gasteiger partial charge in [0.05, 0.1) is 19.3 Å². The van der Waals surface area contributed by atoms with Crippen LogP contribution >= 0.6 is 0 Å². The molecule has 28 heavy (non-hydrogen) atoms. The van der Waals surface area contributed by atoms with Gasteiger partial charge in [0.1, 0.15) is 5.60 Å². The predicted octanol–water partition coefficient (Wildman–Crippen LogP) is 4.98. The molecule has 1 aromatic carbocycles. The van der Waals surface area contributed by atoms with E-state index in [2.05, 4.69) is 52.0 Å². The Bertz CT molecular complexity index is 707. The van der Waals surface area contributed by atoms with Crippen LogP contribution in [0.4, 0.5) is 4.79 Å². The number of benzene rings is 1. The van der Waals surface area contributed by atoms with E-state index in [-0.39, 0.29) is 23.2 Å². The fourth-order valence-electron chi connectivity index (χ4n) is 4.55. The Balaban J connectivity index is 1.37. The number of aryl methyl sites for hydroxylation is 1. The molecule has 1 aliphatic carbocycles. The van der Waals surface area contributed by atoms with Crippen LogP contribution in [0.15, 0.2) is 24.3 Å². The molecule has 2 heterocycles. The smallest absolute Gasteiger partial charge is 0.410 e. The van der Waals surface area contributed by atoms with E-state index in [9.17, 15) is 4.79 Å². The van der Waals surface area contributed by atoms with Gasteiger partial charge in [-0.05, 0) is 32.3 Å². The first-order valence-corrected chi connectivity index (χ1v) is 10.6. The Labute approximate surface area is 168 Å². The largest absolute Gasteiger partial charge is 0.443 e. The van der Waals surface area contributed by atoms with Crippen LogP contribution in [0.1, 0.15) is 70.0 Å². The Hall–Kier alpha value is -1.59. The van der Waals surface area contributed by atoms with Crippen molar-refractivity contribution < 1.29 is 19.0 Å². The van der Waals surface area contributed by atoms with Crippen molar-refractivity contribution in [1.29, 1.82) is 0 Å². The highest BCUT2D eigenvalue weighted by Gasteiger charge is 2.51. The summed E-state index contributed by atoms with van der Waals surface area (Å²) < 4.78 is 18.3. The van der Waals surface area contributed by atoms with Crippen molar-refractivity contribution in [3.63, 3.8) is 0 Å². The van der Waals surface area contributed by atoms with Crippen molar-refractivity contribution in [1.82, 2.24) is 4.90 Å². The molecule has 4 rings (SSSR count). The van der Waals surface area contributed by atoms with Gasteiger partial charge >= 0.3 is 6.09 Å². The van der Waals surface area contributed by atoms with Crippen LogP contribution in [0.5, 0.6) is 0 Å². The normalized spacial score (nSPS) is 26.9. The van der Waals surface area contributed by atoms with Crippen LogP contribution < -0.4 is 0 Å². The Morgan fingerprint density at radius 2 is 1.57 bits per heavy atom. The fourth-order valence-corrected chi connectivity index (χ4v) is 4.55. The minimum Gasteiger partial charge on any atom is -0.443 e. The number of rotatable bonds is 2. The molecule has 0 bridgehead atoms. The second-order valence-electron chi connectivity index (χ2n) is 9.73. The Morgan fingerprint density at radius 3 is 2.14 bits per heavy atom. The number of amides is 1. The van der Waals surface area contributed by atoms with Crippen LogP contribution in [0, 0.1) is 12.3 Å². The third kappa shape index (κ3) is 3.79. The average molecular weight is 388 g/mol. The summed E-state index contributed by atoms with van der Waals surface area (Å²) in [5.74, 6) is -0.473. The molecule has 3 aliphatic rings. The summed E-state index contributed by atoms with van der Waals surface area (Å²) >= 11 is 0. The first-order chi connectivity index (χ1) is 13.2. The lowest BCUT2D eigenvalue weighted by atomic mass is 9.77. The molecule has 3 fully saturated rings. The molecule has 2 aliphatic heterocycles. The van der Waals surface area contributed by atoms with Gasteiger partial charge in [0.15, 0.2) is 5.79 Å². The molecule has 0 unspecified atom stereocenters. The Kier molecular flexibility index (Phi) is 4.95. The molecule has 5 nitrogen and oxygen atoms in total. The Morgan fingerprint density at radius 1 is 0.964 bits per heavy atom. The van der Waals surface area contributed by atoms with E-state index in [1.54, 1.807) is 0 Å². The van der Waals surface area contributed by atoms with Crippen molar-refractivity contribution >= 4 is 6.09 Å². The van der Waals surface area contributed by atoms with Crippen molar-refractivity contribution in [2.24, 2.45) is 5.41 Å². The van der Waals surface area contributed by atoms with Gasteiger partial charge in [-0.2, -0.15) is 0 Å². The van der Waals surface area contributed by atoms with Gasteiger partial charge in [-0.15, -0.1) is 0 Å². The number of carbonyl (C=O) groups excluding carboxylic acids is 1. The van der Waals surface area contributed by atoms with Crippen molar-refractivity contribution in [3.05, 3.63) is 35.4 Å². The highest BCUT2D eigenvalue weighted by molar-refractivity contribution is 5.69. The number of ether oxygens (including phenoxy) is 3. The zero-order valence-electron chi connectivity index (χ0n) is 17.6. The molecular weight excluding hydrogens is 354 g/mol. The van der Waals surface area contributed by atoms with Gasteiger partial charge in [-0.3, -0.25) is 0 Å². The number of nitrogens with zero attached hydrogens (tertiary/aromatic N) is 1. The van der Waals surface area contributed by atoms with Gasteiger partial charge in [-0.1, -0.05) is 43.7 Å². The van der Waals surface area contributed by atoms with Crippen LogP contribution in [0.2, 0.25) is 0 Å². The van der Waals surface area contributed by atoms with Crippen LogP contribution in [0.25, 0.3) is 0 Å². The van der Waals surface area contributed by atoms with E-state index in [1.165, 1.54) is 5.56 Å². The van der Waals surface area contributed by atoms with E-state index in [4.69, 9.17) is 14.2 Å². The van der Waals surface area contributed by atoms with E-state index in [1.807, 2.05) is 4.90 Å². The summed E-state index contributed by atoms with van der Waals surface area (Å²) in [6, 6.07) is 8.40. The highest BCUT2D eigenvalue weighted by atomic mass is 16.7. The molecule has 0 aromatic heterocycles. The zero-order chi connectivity index (χ0) is 20.0. The van der Waals surface area contributed by atoms with Crippen molar-refractivity contribution in [2.75, 3.05) is 19.8 Å². The third-order valence-electron chi connectivity index (χ3n) is 6.75. The molecule has 1 saturated carbocycles. The van der Waals surface area contributed by atoms with Gasteiger partial charge in [0.2, 0.25) is 0 Å². The fraction of sp³-hybridized carbons (Fsp3) is 0.696. The molecular formula is C23H33NO4. The number of hydrogen-bond donors (Lipinski definition) is 0. The maximum Gasteiger partial charge on any atom is 0.410 e. The van der Waals surface area contributed by atoms with Crippen LogP contribution in [-0.2, 0) is 14.2 Å². The first-order valence-electron chi connectivity index (χ1n) is 10.6. The van der Waals surface area contributed by atoms with Gasteiger partial charge in [0.25, 0.3) is 0 Å². The maximum atomic E-state index is 12.8. The van der Waals surface area contributed by atoms with Crippen molar-refractivity contribution in [3.8, 4) is 0 Å². The average Bonchev–Trinajstić information content (AvgIpc) is 2.67. The molecule has 1 atom stereocenters. The standard InChI is InChI=1S/C23H33NO4/c1-17-5-7-19(8-6-17)18(2)24-14-13-22(28-20(24)25)9-11-23(12-10-22)26-15-21(3,4)16-27-23/h5-8,18H,9-16H2,1-4H3/t18-/m0/s1. The summed E-state index contributed by atoms with van der Waals surface area (Å²) in [5, 5.41) is 0. The second-order valence-corrected chi connectivity index (χ2v) is 9.73. The number of hydrogen-bond acceptors (Lipinski definition) is 4. The summed E-state index contributed by atoms with van der Waals surface area (Å²) in [4.78, 5) is 14.7. The molecule has 5 heteroatoms. The molecule has 0 N–H and O–H groups in total. The van der Waals surface area contributed by atoms with E-state index in [0.717, 1.165) is 57.4 Å². The lowest BCUT2D eigenvalue weighted by Crippen LogP contribution is -2.56. The minimum absolute atomic E-state index is 0.0209. The van der Waals surface area contributed by atoms with E-state index >= 15 is 0 Å². The topological polar surface area (TPSA) is 48.0 Å². The molecule has 154 valence electrons. The lowest BCUT2D eigenvalue weighted by molar-refractivity contribution is -0.320. The summed E-state index contributed by atoms with van der Waals surface area (Å²) in [6.07, 6.45) is 3.89. The molecule has 1 amide bonds. The zero-order valence-corrected chi connectivity index (χ0v) is 17.6. The quantitative estimate of drug-likeness (QED) is 0.718. The lowest BCUT2D eigenvalue weighted by Gasteiger charge is -2.51. The third-order valence-corrected chi connectivity index (χ3v) is 6.75. The molecule has 1 aromatic rings.